The standard InChI is InChI=1S/C19H18F3N7O3/c20-19(21,22)15-2-1-11(4-24-15)6-28-8-13(5-26-28)29(10-30)16-17(23)27(9-25-18(16)32)7-12-3-14(12)31/h1-2,4-5,8,10,12H,3,6-7,9,23H2,(H,25,32). The third kappa shape index (κ3) is 4.26. The minimum atomic E-state index is -4.53. The molecule has 2 amide bonds. The van der Waals surface area contributed by atoms with Gasteiger partial charge in [-0.3, -0.25) is 28.9 Å². The van der Waals surface area contributed by atoms with Crippen LogP contribution >= 0.6 is 0 Å². The van der Waals surface area contributed by atoms with Crippen LogP contribution in [0.1, 0.15) is 17.7 Å². The molecule has 2 aromatic rings. The van der Waals surface area contributed by atoms with Crippen molar-refractivity contribution in [3.05, 3.63) is 53.5 Å². The lowest BCUT2D eigenvalue weighted by molar-refractivity contribution is -0.141. The summed E-state index contributed by atoms with van der Waals surface area (Å²) in [5.74, 6) is -0.537. The van der Waals surface area contributed by atoms with Crippen LogP contribution in [0.15, 0.2) is 42.2 Å². The van der Waals surface area contributed by atoms with E-state index in [4.69, 9.17) is 5.73 Å². The van der Waals surface area contributed by atoms with Gasteiger partial charge in [0.25, 0.3) is 5.91 Å². The van der Waals surface area contributed by atoms with Crippen LogP contribution in [0, 0.1) is 5.92 Å². The average Bonchev–Trinajstić information content (AvgIpc) is 3.24. The highest BCUT2D eigenvalue weighted by Crippen LogP contribution is 2.29. The van der Waals surface area contributed by atoms with Gasteiger partial charge in [0.15, 0.2) is 5.70 Å². The first kappa shape index (κ1) is 21.3. The first-order chi connectivity index (χ1) is 15.2. The zero-order chi connectivity index (χ0) is 23.0. The number of carbonyl (C=O) groups is 3. The lowest BCUT2D eigenvalue weighted by Gasteiger charge is -2.33. The second-order valence-electron chi connectivity index (χ2n) is 7.41. The Balaban J connectivity index is 1.53. The van der Waals surface area contributed by atoms with Gasteiger partial charge in [-0.05, 0) is 11.6 Å². The molecule has 2 aliphatic rings. The number of nitrogens with zero attached hydrogens (tertiary/aromatic N) is 5. The second kappa shape index (κ2) is 7.98. The van der Waals surface area contributed by atoms with Gasteiger partial charge in [-0.15, -0.1) is 0 Å². The zero-order valence-corrected chi connectivity index (χ0v) is 16.5. The zero-order valence-electron chi connectivity index (χ0n) is 16.5. The molecule has 1 fully saturated rings. The van der Waals surface area contributed by atoms with Crippen molar-refractivity contribution in [2.45, 2.75) is 19.1 Å². The Morgan fingerprint density at radius 3 is 2.62 bits per heavy atom. The molecule has 3 heterocycles. The van der Waals surface area contributed by atoms with Crippen molar-refractivity contribution >= 4 is 23.8 Å². The second-order valence-corrected chi connectivity index (χ2v) is 7.41. The highest BCUT2D eigenvalue weighted by molar-refractivity contribution is 6.03. The van der Waals surface area contributed by atoms with Crippen LogP contribution in [-0.2, 0) is 27.1 Å². The van der Waals surface area contributed by atoms with Crippen molar-refractivity contribution in [3.8, 4) is 0 Å². The van der Waals surface area contributed by atoms with Gasteiger partial charge in [0, 0.05) is 31.3 Å². The number of aromatic nitrogens is 3. The molecular formula is C19H18F3N7O3. The third-order valence-electron chi connectivity index (χ3n) is 5.12. The number of nitrogens with two attached hydrogens (primary N) is 1. The van der Waals surface area contributed by atoms with Crippen molar-refractivity contribution in [1.82, 2.24) is 25.0 Å². The van der Waals surface area contributed by atoms with Crippen molar-refractivity contribution in [1.29, 1.82) is 0 Å². The Kier molecular flexibility index (Phi) is 5.32. The topological polar surface area (TPSA) is 126 Å². The Morgan fingerprint density at radius 1 is 1.28 bits per heavy atom. The number of halogens is 3. The molecule has 10 nitrogen and oxygen atoms in total. The quantitative estimate of drug-likeness (QED) is 0.587. The monoisotopic (exact) mass is 449 g/mol. The van der Waals surface area contributed by atoms with E-state index in [-0.39, 0.29) is 42.1 Å². The largest absolute Gasteiger partial charge is 0.433 e. The molecule has 2 aromatic heterocycles. The maximum Gasteiger partial charge on any atom is 0.433 e. The Hall–Kier alpha value is -3.90. The molecule has 0 bridgehead atoms. The van der Waals surface area contributed by atoms with Crippen LogP contribution in [0.3, 0.4) is 0 Å². The minimum absolute atomic E-state index is 0.0558. The average molecular weight is 449 g/mol. The molecule has 0 aromatic carbocycles. The molecule has 1 atom stereocenters. The number of hydrogen-bond donors (Lipinski definition) is 2. The van der Waals surface area contributed by atoms with Crippen molar-refractivity contribution in [3.63, 3.8) is 0 Å². The lowest BCUT2D eigenvalue weighted by Crippen LogP contribution is -2.51. The molecule has 0 radical (unpaired) electrons. The summed E-state index contributed by atoms with van der Waals surface area (Å²) in [4.78, 5) is 41.6. The summed E-state index contributed by atoms with van der Waals surface area (Å²) < 4.78 is 39.3. The van der Waals surface area contributed by atoms with E-state index < -0.39 is 17.8 Å². The van der Waals surface area contributed by atoms with Gasteiger partial charge in [0.2, 0.25) is 6.41 Å². The first-order valence-corrected chi connectivity index (χ1v) is 9.52. The molecule has 1 unspecified atom stereocenters. The molecule has 13 heteroatoms. The fourth-order valence-electron chi connectivity index (χ4n) is 3.29. The summed E-state index contributed by atoms with van der Waals surface area (Å²) in [6.07, 6.45) is 0.195. The van der Waals surface area contributed by atoms with E-state index in [1.54, 1.807) is 4.90 Å². The number of amides is 2. The van der Waals surface area contributed by atoms with Crippen LogP contribution in [0.25, 0.3) is 0 Å². The molecule has 168 valence electrons. The van der Waals surface area contributed by atoms with Gasteiger partial charge in [0.05, 0.1) is 25.1 Å². The number of carbonyl (C=O) groups excluding carboxylic acids is 3. The lowest BCUT2D eigenvalue weighted by atomic mass is 10.2. The predicted octanol–water partition coefficient (Wildman–Crippen LogP) is 0.414. The maximum absolute atomic E-state index is 12.7. The summed E-state index contributed by atoms with van der Waals surface area (Å²) in [5, 5.41) is 6.72. The summed E-state index contributed by atoms with van der Waals surface area (Å²) in [5.41, 5.74) is 5.72. The van der Waals surface area contributed by atoms with Crippen molar-refractivity contribution in [2.24, 2.45) is 11.7 Å². The van der Waals surface area contributed by atoms with Crippen LogP contribution in [0.2, 0.25) is 0 Å². The van der Waals surface area contributed by atoms with E-state index >= 15 is 0 Å². The molecule has 0 spiro atoms. The Bertz CT molecular complexity index is 1090. The van der Waals surface area contributed by atoms with Crippen molar-refractivity contribution < 1.29 is 27.6 Å². The van der Waals surface area contributed by atoms with E-state index in [1.807, 2.05) is 0 Å². The van der Waals surface area contributed by atoms with Crippen LogP contribution < -0.4 is 16.0 Å². The third-order valence-corrected chi connectivity index (χ3v) is 5.12. The highest BCUT2D eigenvalue weighted by Gasteiger charge is 2.39. The Labute approximate surface area is 179 Å². The normalized spacial score (nSPS) is 18.6. The van der Waals surface area contributed by atoms with Gasteiger partial charge < -0.3 is 16.0 Å². The number of alkyl halides is 3. The molecule has 3 N–H and O–H groups in total. The predicted molar refractivity (Wildman–Crippen MR) is 103 cm³/mol. The number of pyridine rings is 1. The molecule has 0 saturated heterocycles. The van der Waals surface area contributed by atoms with Gasteiger partial charge in [-0.25, -0.2) is 0 Å². The number of rotatable bonds is 7. The summed E-state index contributed by atoms with van der Waals surface area (Å²) in [6.45, 7) is 0.542. The van der Waals surface area contributed by atoms with E-state index in [0.29, 0.717) is 24.9 Å². The van der Waals surface area contributed by atoms with Gasteiger partial charge in [-0.1, -0.05) is 6.07 Å². The Morgan fingerprint density at radius 2 is 2.03 bits per heavy atom. The van der Waals surface area contributed by atoms with E-state index in [9.17, 15) is 27.6 Å². The van der Waals surface area contributed by atoms with Crippen molar-refractivity contribution in [2.75, 3.05) is 18.1 Å². The van der Waals surface area contributed by atoms with E-state index in [0.717, 1.165) is 17.2 Å². The number of hydrogen-bond acceptors (Lipinski definition) is 7. The SMILES string of the molecule is NC1=C(N(C=O)c2cnn(Cc3ccc(C(F)(F)F)nc3)c2)C(=O)NCN1CC1CC1=O. The minimum Gasteiger partial charge on any atom is -0.383 e. The molecule has 1 aliphatic carbocycles. The number of anilines is 1. The smallest absolute Gasteiger partial charge is 0.383 e. The fourth-order valence-corrected chi connectivity index (χ4v) is 3.29. The van der Waals surface area contributed by atoms with Crippen LogP contribution in [-0.4, -0.2) is 51.0 Å². The van der Waals surface area contributed by atoms with E-state index in [1.165, 1.54) is 23.1 Å². The number of nitrogens with one attached hydrogen (secondary N) is 1. The number of Topliss-reactive ketones (excluding diaryl/α,β-unsaturated/α-hetero) is 1. The maximum atomic E-state index is 12.7. The van der Waals surface area contributed by atoms with Gasteiger partial charge >= 0.3 is 6.18 Å². The molecule has 1 aliphatic heterocycles. The van der Waals surface area contributed by atoms with E-state index in [2.05, 4.69) is 15.4 Å². The molecule has 32 heavy (non-hydrogen) atoms. The first-order valence-electron chi connectivity index (χ1n) is 9.52. The summed E-state index contributed by atoms with van der Waals surface area (Å²) in [7, 11) is 0. The van der Waals surface area contributed by atoms with Crippen LogP contribution in [0.4, 0.5) is 18.9 Å². The molecular weight excluding hydrogens is 431 g/mol. The molecule has 4 rings (SSSR count). The summed E-state index contributed by atoms with van der Waals surface area (Å²) in [6, 6.07) is 2.15. The van der Waals surface area contributed by atoms with Gasteiger partial charge in [0.1, 0.15) is 17.3 Å². The van der Waals surface area contributed by atoms with Gasteiger partial charge in [-0.2, -0.15) is 18.3 Å². The van der Waals surface area contributed by atoms with Crippen LogP contribution in [0.5, 0.6) is 0 Å². The highest BCUT2D eigenvalue weighted by atomic mass is 19.4. The summed E-state index contributed by atoms with van der Waals surface area (Å²) >= 11 is 0. The molecule has 1 saturated carbocycles. The number of ketones is 1. The fraction of sp³-hybridized carbons (Fsp3) is 0.316.